The molecule has 18 heavy (non-hydrogen) atoms. The fourth-order valence-corrected chi connectivity index (χ4v) is 1.47. The van der Waals surface area contributed by atoms with Gasteiger partial charge in [0.15, 0.2) is 0 Å². The van der Waals surface area contributed by atoms with Crippen LogP contribution in [0.3, 0.4) is 0 Å². The van der Waals surface area contributed by atoms with E-state index in [1.807, 2.05) is 18.0 Å². The fourth-order valence-electron chi connectivity index (χ4n) is 1.47. The average Bonchev–Trinajstić information content (AvgIpc) is 2.32. The maximum absolute atomic E-state index is 13.4. The SMILES string of the molecule is CC(OCCN(C)Cc1ccccc1F)C(=N)N. The highest BCUT2D eigenvalue weighted by molar-refractivity contribution is 5.81. The Labute approximate surface area is 107 Å². The molecular formula is C13H20FN3O. The van der Waals surface area contributed by atoms with Gasteiger partial charge < -0.3 is 10.5 Å². The first-order valence-electron chi connectivity index (χ1n) is 5.88. The van der Waals surface area contributed by atoms with Crippen LogP contribution in [0, 0.1) is 11.2 Å². The maximum atomic E-state index is 13.4. The average molecular weight is 253 g/mol. The molecule has 100 valence electrons. The van der Waals surface area contributed by atoms with Crippen LogP contribution >= 0.6 is 0 Å². The topological polar surface area (TPSA) is 62.3 Å². The summed E-state index contributed by atoms with van der Waals surface area (Å²) in [6.07, 6.45) is -0.369. The zero-order valence-electron chi connectivity index (χ0n) is 10.8. The van der Waals surface area contributed by atoms with Crippen LogP contribution in [-0.2, 0) is 11.3 Å². The van der Waals surface area contributed by atoms with Gasteiger partial charge in [-0.15, -0.1) is 0 Å². The molecule has 1 aromatic carbocycles. The van der Waals surface area contributed by atoms with Crippen molar-refractivity contribution in [2.45, 2.75) is 19.6 Å². The summed E-state index contributed by atoms with van der Waals surface area (Å²) in [7, 11) is 1.90. The standard InChI is InChI=1S/C13H20FN3O/c1-10(13(15)16)18-8-7-17(2)9-11-5-3-4-6-12(11)14/h3-6,10H,7-9H2,1-2H3,(H3,15,16). The van der Waals surface area contributed by atoms with E-state index in [2.05, 4.69) is 0 Å². The van der Waals surface area contributed by atoms with E-state index >= 15 is 0 Å². The van der Waals surface area contributed by atoms with Gasteiger partial charge in [0.1, 0.15) is 17.8 Å². The normalized spacial score (nSPS) is 12.7. The first-order valence-corrected chi connectivity index (χ1v) is 5.88. The van der Waals surface area contributed by atoms with E-state index in [9.17, 15) is 4.39 Å². The lowest BCUT2D eigenvalue weighted by molar-refractivity contribution is 0.0877. The number of hydrogen-bond donors (Lipinski definition) is 2. The number of ether oxygens (including phenoxy) is 1. The Kier molecular flexibility index (Phi) is 5.74. The second kappa shape index (κ2) is 7.08. The monoisotopic (exact) mass is 253 g/mol. The molecule has 0 aliphatic carbocycles. The van der Waals surface area contributed by atoms with Gasteiger partial charge in [0.2, 0.25) is 0 Å². The van der Waals surface area contributed by atoms with Crippen LogP contribution in [0.2, 0.25) is 0 Å². The minimum atomic E-state index is -0.369. The molecule has 5 heteroatoms. The van der Waals surface area contributed by atoms with Crippen molar-refractivity contribution in [2.24, 2.45) is 5.73 Å². The van der Waals surface area contributed by atoms with Gasteiger partial charge in [-0.2, -0.15) is 0 Å². The zero-order valence-corrected chi connectivity index (χ0v) is 10.8. The van der Waals surface area contributed by atoms with Gasteiger partial charge >= 0.3 is 0 Å². The number of amidine groups is 1. The third-order valence-electron chi connectivity index (χ3n) is 2.68. The molecule has 1 aromatic rings. The van der Waals surface area contributed by atoms with Crippen molar-refractivity contribution in [2.75, 3.05) is 20.2 Å². The highest BCUT2D eigenvalue weighted by Gasteiger charge is 2.07. The Bertz CT molecular complexity index is 398. The number of nitrogens with two attached hydrogens (primary N) is 1. The van der Waals surface area contributed by atoms with Gasteiger partial charge in [-0.05, 0) is 20.0 Å². The molecule has 1 atom stereocenters. The first-order chi connectivity index (χ1) is 8.50. The van der Waals surface area contributed by atoms with Gasteiger partial charge in [-0.25, -0.2) is 4.39 Å². The Morgan fingerprint density at radius 1 is 1.50 bits per heavy atom. The first kappa shape index (κ1) is 14.6. The minimum Gasteiger partial charge on any atom is -0.385 e. The van der Waals surface area contributed by atoms with Gasteiger partial charge in [0.05, 0.1) is 6.61 Å². The Morgan fingerprint density at radius 3 is 2.78 bits per heavy atom. The number of nitrogens with one attached hydrogen (secondary N) is 1. The lowest BCUT2D eigenvalue weighted by atomic mass is 10.2. The van der Waals surface area contributed by atoms with Crippen LogP contribution in [0.25, 0.3) is 0 Å². The van der Waals surface area contributed by atoms with Gasteiger partial charge in [-0.1, -0.05) is 18.2 Å². The van der Waals surface area contributed by atoms with Crippen LogP contribution in [-0.4, -0.2) is 37.0 Å². The Balaban J connectivity index is 2.32. The minimum absolute atomic E-state index is 0.0201. The second-order valence-electron chi connectivity index (χ2n) is 4.30. The molecule has 1 rings (SSSR count). The number of halogens is 1. The van der Waals surface area contributed by atoms with Crippen molar-refractivity contribution in [1.82, 2.24) is 4.90 Å². The third-order valence-corrected chi connectivity index (χ3v) is 2.68. The lowest BCUT2D eigenvalue weighted by Gasteiger charge is -2.18. The summed E-state index contributed by atoms with van der Waals surface area (Å²) in [4.78, 5) is 1.96. The molecule has 1 unspecified atom stereocenters. The van der Waals surface area contributed by atoms with Crippen LogP contribution in [0.5, 0.6) is 0 Å². The van der Waals surface area contributed by atoms with E-state index in [1.54, 1.807) is 19.1 Å². The molecule has 0 amide bonds. The smallest absolute Gasteiger partial charge is 0.127 e. The van der Waals surface area contributed by atoms with Crippen LogP contribution in [0.15, 0.2) is 24.3 Å². The third kappa shape index (κ3) is 4.81. The predicted octanol–water partition coefficient (Wildman–Crippen LogP) is 1.60. The molecule has 4 nitrogen and oxygen atoms in total. The molecule has 0 aliphatic rings. The molecule has 0 aromatic heterocycles. The number of hydrogen-bond acceptors (Lipinski definition) is 3. The highest BCUT2D eigenvalue weighted by atomic mass is 19.1. The molecule has 0 saturated heterocycles. The predicted molar refractivity (Wildman–Crippen MR) is 70.1 cm³/mol. The summed E-state index contributed by atoms with van der Waals surface area (Å²) in [6, 6.07) is 6.72. The van der Waals surface area contributed by atoms with Crippen molar-refractivity contribution in [1.29, 1.82) is 5.41 Å². The number of rotatable bonds is 7. The van der Waals surface area contributed by atoms with Crippen LogP contribution in [0.1, 0.15) is 12.5 Å². The highest BCUT2D eigenvalue weighted by Crippen LogP contribution is 2.08. The largest absolute Gasteiger partial charge is 0.385 e. The van der Waals surface area contributed by atoms with E-state index in [4.69, 9.17) is 15.9 Å². The van der Waals surface area contributed by atoms with Gasteiger partial charge in [-0.3, -0.25) is 10.3 Å². The van der Waals surface area contributed by atoms with E-state index in [1.165, 1.54) is 6.07 Å². The van der Waals surface area contributed by atoms with Gasteiger partial charge in [0.25, 0.3) is 0 Å². The quantitative estimate of drug-likeness (QED) is 0.573. The van der Waals surface area contributed by atoms with Crippen molar-refractivity contribution in [3.8, 4) is 0 Å². The summed E-state index contributed by atoms with van der Waals surface area (Å²) < 4.78 is 18.8. The fraction of sp³-hybridized carbons (Fsp3) is 0.462. The second-order valence-corrected chi connectivity index (χ2v) is 4.30. The molecular weight excluding hydrogens is 233 g/mol. The molecule has 0 saturated carbocycles. The van der Waals surface area contributed by atoms with Crippen molar-refractivity contribution >= 4 is 5.84 Å². The molecule has 0 fully saturated rings. The van der Waals surface area contributed by atoms with Crippen molar-refractivity contribution < 1.29 is 9.13 Å². The van der Waals surface area contributed by atoms with Crippen molar-refractivity contribution in [3.63, 3.8) is 0 Å². The van der Waals surface area contributed by atoms with Crippen molar-refractivity contribution in [3.05, 3.63) is 35.6 Å². The van der Waals surface area contributed by atoms with E-state index < -0.39 is 0 Å². The summed E-state index contributed by atoms with van der Waals surface area (Å²) in [6.45, 7) is 3.39. The molecule has 0 aliphatic heterocycles. The molecule has 3 N–H and O–H groups in total. The van der Waals surface area contributed by atoms with Crippen LogP contribution in [0.4, 0.5) is 4.39 Å². The molecule has 0 spiro atoms. The number of benzene rings is 1. The molecule has 0 heterocycles. The maximum Gasteiger partial charge on any atom is 0.127 e. The Hall–Kier alpha value is -1.46. The summed E-state index contributed by atoms with van der Waals surface area (Å²) in [5, 5.41) is 7.18. The summed E-state index contributed by atoms with van der Waals surface area (Å²) in [5.41, 5.74) is 5.96. The van der Waals surface area contributed by atoms with E-state index in [-0.39, 0.29) is 17.8 Å². The number of nitrogens with zero attached hydrogens (tertiary/aromatic N) is 1. The summed E-state index contributed by atoms with van der Waals surface area (Å²) in [5.74, 6) is -0.172. The molecule has 0 bridgehead atoms. The number of likely N-dealkylation sites (N-methyl/N-ethyl adjacent to an activating group) is 1. The van der Waals surface area contributed by atoms with E-state index in [0.717, 1.165) is 0 Å². The van der Waals surface area contributed by atoms with Crippen LogP contribution < -0.4 is 5.73 Å². The molecule has 0 radical (unpaired) electrons. The van der Waals surface area contributed by atoms with E-state index in [0.29, 0.717) is 25.3 Å². The van der Waals surface area contributed by atoms with Gasteiger partial charge in [0, 0.05) is 18.7 Å². The summed E-state index contributed by atoms with van der Waals surface area (Å²) >= 11 is 0. The lowest BCUT2D eigenvalue weighted by Crippen LogP contribution is -2.31. The Morgan fingerprint density at radius 2 is 2.17 bits per heavy atom. The zero-order chi connectivity index (χ0) is 13.5.